The van der Waals surface area contributed by atoms with Crippen LogP contribution in [0.4, 0.5) is 10.5 Å². The van der Waals surface area contributed by atoms with Crippen molar-refractivity contribution in [2.24, 2.45) is 5.92 Å². The van der Waals surface area contributed by atoms with Crippen molar-refractivity contribution in [3.8, 4) is 0 Å². The highest BCUT2D eigenvalue weighted by molar-refractivity contribution is 5.94. The lowest BCUT2D eigenvalue weighted by Crippen LogP contribution is -2.41. The number of carboxylic acids is 1. The van der Waals surface area contributed by atoms with Crippen LogP contribution in [-0.4, -0.2) is 28.1 Å². The predicted octanol–water partition coefficient (Wildman–Crippen LogP) is 3.24. The topological polar surface area (TPSA) is 94.2 Å². The number of aromatic amines is 1. The van der Waals surface area contributed by atoms with Gasteiger partial charge in [0.2, 0.25) is 0 Å². The van der Waals surface area contributed by atoms with E-state index in [4.69, 9.17) is 5.11 Å². The lowest BCUT2D eigenvalue weighted by atomic mass is 9.86. The molecule has 6 heteroatoms. The smallest absolute Gasteiger partial charge is 0.319 e. The van der Waals surface area contributed by atoms with Crippen LogP contribution in [0.5, 0.6) is 0 Å². The number of fused-ring (bicyclic) bond motifs is 1. The maximum Gasteiger partial charge on any atom is 0.319 e. The van der Waals surface area contributed by atoms with Crippen LogP contribution in [0.2, 0.25) is 0 Å². The first-order valence-electron chi connectivity index (χ1n) is 7.91. The van der Waals surface area contributed by atoms with Gasteiger partial charge in [-0.2, -0.15) is 0 Å². The van der Waals surface area contributed by atoms with E-state index in [1.54, 1.807) is 0 Å². The fourth-order valence-corrected chi connectivity index (χ4v) is 3.18. The Balaban J connectivity index is 1.58. The predicted molar refractivity (Wildman–Crippen MR) is 88.6 cm³/mol. The molecule has 2 amide bonds. The minimum absolute atomic E-state index is 0.0418. The van der Waals surface area contributed by atoms with Crippen LogP contribution in [0, 0.1) is 12.8 Å². The second kappa shape index (κ2) is 6.32. The van der Waals surface area contributed by atoms with Gasteiger partial charge >= 0.3 is 12.0 Å². The van der Waals surface area contributed by atoms with Crippen LogP contribution >= 0.6 is 0 Å². The van der Waals surface area contributed by atoms with Gasteiger partial charge in [-0.25, -0.2) is 4.79 Å². The summed E-state index contributed by atoms with van der Waals surface area (Å²) in [4.78, 5) is 26.2. The van der Waals surface area contributed by atoms with E-state index < -0.39 is 5.97 Å². The number of anilines is 1. The number of aliphatic carboxylic acids is 1. The summed E-state index contributed by atoms with van der Waals surface area (Å²) in [6.07, 6.45) is 4.52. The molecule has 122 valence electrons. The normalized spacial score (nSPS) is 21.1. The monoisotopic (exact) mass is 315 g/mol. The average Bonchev–Trinajstić information content (AvgIpc) is 2.95. The highest BCUT2D eigenvalue weighted by Crippen LogP contribution is 2.25. The largest absolute Gasteiger partial charge is 0.481 e. The minimum Gasteiger partial charge on any atom is -0.481 e. The standard InChI is InChI=1S/C17H21N3O3/c1-10-8-12-6-7-18-15(12)9-14(10)20-17(23)19-13-4-2-11(3-5-13)16(21)22/h6-9,11,13,18H,2-5H2,1H3,(H,21,22)(H2,19,20,23). The molecule has 23 heavy (non-hydrogen) atoms. The summed E-state index contributed by atoms with van der Waals surface area (Å²) in [7, 11) is 0. The van der Waals surface area contributed by atoms with Crippen molar-refractivity contribution < 1.29 is 14.7 Å². The summed E-state index contributed by atoms with van der Waals surface area (Å²) in [5.74, 6) is -1.00. The van der Waals surface area contributed by atoms with Crippen LogP contribution in [0.3, 0.4) is 0 Å². The van der Waals surface area contributed by atoms with E-state index in [1.165, 1.54) is 0 Å². The van der Waals surface area contributed by atoms with Crippen LogP contribution in [0.15, 0.2) is 24.4 Å². The Morgan fingerprint density at radius 1 is 1.22 bits per heavy atom. The van der Waals surface area contributed by atoms with Crippen molar-refractivity contribution in [3.63, 3.8) is 0 Å². The maximum absolute atomic E-state index is 12.2. The molecule has 1 aliphatic rings. The second-order valence-electron chi connectivity index (χ2n) is 6.22. The van der Waals surface area contributed by atoms with Crippen molar-refractivity contribution in [2.75, 3.05) is 5.32 Å². The Hall–Kier alpha value is -2.50. The minimum atomic E-state index is -0.734. The summed E-state index contributed by atoms with van der Waals surface area (Å²) < 4.78 is 0. The van der Waals surface area contributed by atoms with Gasteiger partial charge in [-0.15, -0.1) is 0 Å². The number of hydrogen-bond donors (Lipinski definition) is 4. The van der Waals surface area contributed by atoms with Gasteiger partial charge in [0, 0.05) is 23.4 Å². The van der Waals surface area contributed by atoms with Gasteiger partial charge in [0.1, 0.15) is 0 Å². The summed E-state index contributed by atoms with van der Waals surface area (Å²) >= 11 is 0. The highest BCUT2D eigenvalue weighted by Gasteiger charge is 2.26. The maximum atomic E-state index is 12.2. The molecule has 0 radical (unpaired) electrons. The zero-order valence-electron chi connectivity index (χ0n) is 13.1. The quantitative estimate of drug-likeness (QED) is 0.700. The van der Waals surface area contributed by atoms with Crippen LogP contribution in [0.1, 0.15) is 31.2 Å². The Morgan fingerprint density at radius 2 is 1.96 bits per heavy atom. The number of urea groups is 1. The van der Waals surface area contributed by atoms with Gasteiger partial charge in [0.25, 0.3) is 0 Å². The summed E-state index contributed by atoms with van der Waals surface area (Å²) in [5.41, 5.74) is 2.76. The van der Waals surface area contributed by atoms with Gasteiger partial charge in [0.05, 0.1) is 5.92 Å². The molecular weight excluding hydrogens is 294 g/mol. The van der Waals surface area contributed by atoms with Crippen LogP contribution < -0.4 is 10.6 Å². The van der Waals surface area contributed by atoms with Gasteiger partial charge in [-0.3, -0.25) is 4.79 Å². The fraction of sp³-hybridized carbons (Fsp3) is 0.412. The zero-order chi connectivity index (χ0) is 16.4. The first-order valence-corrected chi connectivity index (χ1v) is 7.91. The first kappa shape index (κ1) is 15.4. The number of benzene rings is 1. The Morgan fingerprint density at radius 3 is 2.65 bits per heavy atom. The number of H-pyrrole nitrogens is 1. The van der Waals surface area contributed by atoms with Crippen molar-refractivity contribution in [1.29, 1.82) is 0 Å². The number of carboxylic acid groups (broad SMARTS) is 1. The summed E-state index contributed by atoms with van der Waals surface area (Å²) in [6.45, 7) is 1.96. The number of hydrogen-bond acceptors (Lipinski definition) is 2. The highest BCUT2D eigenvalue weighted by atomic mass is 16.4. The first-order chi connectivity index (χ1) is 11.0. The van der Waals surface area contributed by atoms with E-state index in [9.17, 15) is 9.59 Å². The van der Waals surface area contributed by atoms with Crippen molar-refractivity contribution in [1.82, 2.24) is 10.3 Å². The molecule has 0 aliphatic heterocycles. The Bertz CT molecular complexity index is 730. The van der Waals surface area contributed by atoms with Gasteiger partial charge < -0.3 is 20.7 Å². The number of aryl methyl sites for hydroxylation is 1. The molecule has 0 spiro atoms. The summed E-state index contributed by atoms with van der Waals surface area (Å²) in [5, 5.41) is 15.9. The molecule has 1 aliphatic carbocycles. The molecule has 0 bridgehead atoms. The number of rotatable bonds is 3. The van der Waals surface area contributed by atoms with E-state index in [1.807, 2.05) is 31.3 Å². The molecule has 1 saturated carbocycles. The number of aromatic nitrogens is 1. The SMILES string of the molecule is Cc1cc2cc[nH]c2cc1NC(=O)NC1CCC(C(=O)O)CC1. The number of amides is 2. The van der Waals surface area contributed by atoms with Crippen molar-refractivity contribution >= 4 is 28.6 Å². The summed E-state index contributed by atoms with van der Waals surface area (Å²) in [6, 6.07) is 5.75. The third-order valence-corrected chi connectivity index (χ3v) is 4.56. The third kappa shape index (κ3) is 3.47. The van der Waals surface area contributed by atoms with Gasteiger partial charge in [-0.1, -0.05) is 0 Å². The van der Waals surface area contributed by atoms with E-state index in [-0.39, 0.29) is 18.0 Å². The van der Waals surface area contributed by atoms with E-state index in [2.05, 4.69) is 15.6 Å². The van der Waals surface area contributed by atoms with Crippen LogP contribution in [-0.2, 0) is 4.79 Å². The Kier molecular flexibility index (Phi) is 4.23. The third-order valence-electron chi connectivity index (χ3n) is 4.56. The second-order valence-corrected chi connectivity index (χ2v) is 6.22. The van der Waals surface area contributed by atoms with Crippen molar-refractivity contribution in [3.05, 3.63) is 30.0 Å². The number of nitrogens with one attached hydrogen (secondary N) is 3. The van der Waals surface area contributed by atoms with E-state index >= 15 is 0 Å². The molecule has 3 rings (SSSR count). The molecule has 1 aromatic heterocycles. The molecule has 6 nitrogen and oxygen atoms in total. The lowest BCUT2D eigenvalue weighted by molar-refractivity contribution is -0.142. The molecule has 0 unspecified atom stereocenters. The molecule has 0 saturated heterocycles. The molecule has 0 atom stereocenters. The molecule has 1 aromatic carbocycles. The molecule has 2 aromatic rings. The van der Waals surface area contributed by atoms with E-state index in [0.717, 1.165) is 22.2 Å². The lowest BCUT2D eigenvalue weighted by Gasteiger charge is -2.27. The fourth-order valence-electron chi connectivity index (χ4n) is 3.18. The number of carbonyl (C=O) groups excluding carboxylic acids is 1. The molecule has 1 heterocycles. The van der Waals surface area contributed by atoms with E-state index in [0.29, 0.717) is 25.7 Å². The zero-order valence-corrected chi connectivity index (χ0v) is 13.1. The Labute approximate surface area is 134 Å². The van der Waals surface area contributed by atoms with Gasteiger partial charge in [0.15, 0.2) is 0 Å². The van der Waals surface area contributed by atoms with Gasteiger partial charge in [-0.05, 0) is 61.8 Å². The number of carbonyl (C=O) groups is 2. The molecular formula is C17H21N3O3. The average molecular weight is 315 g/mol. The van der Waals surface area contributed by atoms with Crippen molar-refractivity contribution in [2.45, 2.75) is 38.6 Å². The molecule has 1 fully saturated rings. The molecule has 4 N–H and O–H groups in total. The van der Waals surface area contributed by atoms with Crippen LogP contribution in [0.25, 0.3) is 10.9 Å².